The molecule has 2 saturated heterocycles. The number of nitro groups is 1. The second-order valence-electron chi connectivity index (χ2n) is 5.32. The van der Waals surface area contributed by atoms with Crippen molar-refractivity contribution in [2.24, 2.45) is 0 Å². The van der Waals surface area contributed by atoms with Crippen LogP contribution in [0.3, 0.4) is 0 Å². The normalized spacial score (nSPS) is 32.0. The Morgan fingerprint density at radius 3 is 2.80 bits per heavy atom. The van der Waals surface area contributed by atoms with Gasteiger partial charge in [0, 0.05) is 12.1 Å². The van der Waals surface area contributed by atoms with Crippen molar-refractivity contribution < 1.29 is 18.9 Å². The van der Waals surface area contributed by atoms with Crippen LogP contribution in [0.15, 0.2) is 36.9 Å². The molecule has 2 fully saturated rings. The van der Waals surface area contributed by atoms with Gasteiger partial charge in [-0.3, -0.25) is 14.6 Å². The minimum absolute atomic E-state index is 0.0711. The van der Waals surface area contributed by atoms with Crippen molar-refractivity contribution >= 4 is 5.69 Å². The third kappa shape index (κ3) is 2.02. The molecule has 6 nitrogen and oxygen atoms in total. The van der Waals surface area contributed by atoms with Crippen LogP contribution in [0.2, 0.25) is 0 Å². The second-order valence-corrected chi connectivity index (χ2v) is 5.32. The summed E-state index contributed by atoms with van der Waals surface area (Å²) in [7, 11) is 0. The van der Waals surface area contributed by atoms with E-state index in [1.165, 1.54) is 12.1 Å². The molecule has 1 aromatic carbocycles. The first-order valence-corrected chi connectivity index (χ1v) is 6.57. The Balaban J connectivity index is 1.84. The van der Waals surface area contributed by atoms with E-state index in [-0.39, 0.29) is 17.8 Å². The number of hydrogen-bond donors (Lipinski definition) is 0. The van der Waals surface area contributed by atoms with Crippen molar-refractivity contribution in [3.63, 3.8) is 0 Å². The maximum absolute atomic E-state index is 10.7. The van der Waals surface area contributed by atoms with E-state index in [4.69, 9.17) is 9.47 Å². The molecule has 0 bridgehead atoms. The summed E-state index contributed by atoms with van der Waals surface area (Å²) < 4.78 is 12.3. The zero-order valence-corrected chi connectivity index (χ0v) is 11.1. The minimum Gasteiger partial charge on any atom is -0.325 e. The Kier molecular flexibility index (Phi) is 3.29. The van der Waals surface area contributed by atoms with E-state index >= 15 is 0 Å². The van der Waals surface area contributed by atoms with Crippen LogP contribution in [0.5, 0.6) is 0 Å². The highest BCUT2D eigenvalue weighted by Crippen LogP contribution is 2.40. The summed E-state index contributed by atoms with van der Waals surface area (Å²) in [5.74, 6) is 0. The standard InChI is InChI=1S/C14H17N2O4/c1-2-7-16-9-19-8-13(16)14(20-10-16)11-3-5-12(6-4-11)15(17)18/h2-6,13-14H,1,7-10H2/q+1/t13-,14-,16-/m1/s1. The topological polar surface area (TPSA) is 61.6 Å². The Bertz CT molecular complexity index is 530. The van der Waals surface area contributed by atoms with Crippen LogP contribution in [-0.4, -0.2) is 42.1 Å². The highest BCUT2D eigenvalue weighted by Gasteiger charge is 2.53. The van der Waals surface area contributed by atoms with Crippen molar-refractivity contribution in [3.8, 4) is 0 Å². The van der Waals surface area contributed by atoms with Crippen LogP contribution in [0.4, 0.5) is 5.69 Å². The van der Waals surface area contributed by atoms with Gasteiger partial charge in [0.1, 0.15) is 25.3 Å². The van der Waals surface area contributed by atoms with Gasteiger partial charge in [-0.2, -0.15) is 0 Å². The zero-order chi connectivity index (χ0) is 14.2. The Morgan fingerprint density at radius 2 is 2.15 bits per heavy atom. The van der Waals surface area contributed by atoms with Gasteiger partial charge in [-0.1, -0.05) is 6.58 Å². The fraction of sp³-hybridized carbons (Fsp3) is 0.429. The molecule has 0 aromatic heterocycles. The maximum Gasteiger partial charge on any atom is 0.269 e. The summed E-state index contributed by atoms with van der Waals surface area (Å²) in [6, 6.07) is 6.82. The first kappa shape index (κ1) is 13.2. The van der Waals surface area contributed by atoms with Crippen LogP contribution >= 0.6 is 0 Å². The fourth-order valence-electron chi connectivity index (χ4n) is 3.06. The summed E-state index contributed by atoms with van der Waals surface area (Å²) >= 11 is 0. The SMILES string of the molecule is C=CC[N@+]12COC[C@@H]1[C@@H](c1ccc([N+](=O)[O-])cc1)OC2. The second kappa shape index (κ2) is 4.97. The Hall–Kier alpha value is -1.76. The number of non-ortho nitro benzene ring substituents is 1. The number of nitro benzene ring substituents is 1. The summed E-state index contributed by atoms with van der Waals surface area (Å²) in [4.78, 5) is 10.3. The third-order valence-corrected chi connectivity index (χ3v) is 4.13. The molecule has 106 valence electrons. The third-order valence-electron chi connectivity index (χ3n) is 4.13. The first-order valence-electron chi connectivity index (χ1n) is 6.57. The van der Waals surface area contributed by atoms with E-state index in [9.17, 15) is 10.1 Å². The monoisotopic (exact) mass is 277 g/mol. The largest absolute Gasteiger partial charge is 0.325 e. The molecule has 0 saturated carbocycles. The van der Waals surface area contributed by atoms with E-state index in [0.717, 1.165) is 16.6 Å². The van der Waals surface area contributed by atoms with Gasteiger partial charge in [-0.05, 0) is 23.8 Å². The number of hydrogen-bond acceptors (Lipinski definition) is 4. The number of fused-ring (bicyclic) bond motifs is 1. The molecule has 0 unspecified atom stereocenters. The minimum atomic E-state index is -0.393. The number of ether oxygens (including phenoxy) is 2. The van der Waals surface area contributed by atoms with Gasteiger partial charge in [0.15, 0.2) is 13.5 Å². The molecule has 2 aliphatic rings. The number of benzene rings is 1. The lowest BCUT2D eigenvalue weighted by Crippen LogP contribution is -2.49. The summed E-state index contributed by atoms with van der Waals surface area (Å²) in [6.07, 6.45) is 1.82. The average molecular weight is 277 g/mol. The lowest BCUT2D eigenvalue weighted by Gasteiger charge is -2.29. The molecule has 20 heavy (non-hydrogen) atoms. The van der Waals surface area contributed by atoms with Crippen molar-refractivity contribution in [3.05, 3.63) is 52.6 Å². The van der Waals surface area contributed by atoms with Crippen molar-refractivity contribution in [1.29, 1.82) is 0 Å². The van der Waals surface area contributed by atoms with Gasteiger partial charge >= 0.3 is 0 Å². The molecule has 6 heteroatoms. The van der Waals surface area contributed by atoms with Gasteiger partial charge in [0.25, 0.3) is 5.69 Å². The van der Waals surface area contributed by atoms with Gasteiger partial charge in [0.05, 0.1) is 4.92 Å². The molecule has 3 atom stereocenters. The quantitative estimate of drug-likeness (QED) is 0.365. The van der Waals surface area contributed by atoms with E-state index in [2.05, 4.69) is 6.58 Å². The van der Waals surface area contributed by atoms with Crippen molar-refractivity contribution in [2.45, 2.75) is 12.1 Å². The molecule has 0 spiro atoms. The Morgan fingerprint density at radius 1 is 1.40 bits per heavy atom. The first-order chi connectivity index (χ1) is 9.66. The van der Waals surface area contributed by atoms with Gasteiger partial charge in [-0.25, -0.2) is 0 Å². The molecule has 0 aliphatic carbocycles. The van der Waals surface area contributed by atoms with Gasteiger partial charge in [-0.15, -0.1) is 0 Å². The molecule has 1 aromatic rings. The predicted molar refractivity (Wildman–Crippen MR) is 71.7 cm³/mol. The van der Waals surface area contributed by atoms with Crippen molar-refractivity contribution in [1.82, 2.24) is 0 Å². The number of quaternary nitrogens is 1. The highest BCUT2D eigenvalue weighted by molar-refractivity contribution is 5.34. The van der Waals surface area contributed by atoms with Crippen molar-refractivity contribution in [2.75, 3.05) is 26.6 Å². The molecule has 0 amide bonds. The molecule has 3 rings (SSSR count). The molecule has 2 aliphatic heterocycles. The summed E-state index contributed by atoms with van der Waals surface area (Å²) in [5, 5.41) is 10.7. The van der Waals surface area contributed by atoms with Crippen LogP contribution in [-0.2, 0) is 9.47 Å². The summed E-state index contributed by atoms with van der Waals surface area (Å²) in [6.45, 7) is 6.50. The fourth-order valence-corrected chi connectivity index (χ4v) is 3.06. The van der Waals surface area contributed by atoms with Crippen LogP contribution in [0, 0.1) is 10.1 Å². The molecular weight excluding hydrogens is 260 g/mol. The average Bonchev–Trinajstić information content (AvgIpc) is 2.97. The summed E-state index contributed by atoms with van der Waals surface area (Å²) in [5.41, 5.74) is 1.07. The van der Waals surface area contributed by atoms with E-state index in [0.29, 0.717) is 20.1 Å². The van der Waals surface area contributed by atoms with Crippen LogP contribution in [0.1, 0.15) is 11.7 Å². The Labute approximate surface area is 116 Å². The van der Waals surface area contributed by atoms with E-state index in [1.54, 1.807) is 12.1 Å². The molecule has 2 heterocycles. The lowest BCUT2D eigenvalue weighted by molar-refractivity contribution is -0.938. The predicted octanol–water partition coefficient (Wildman–Crippen LogP) is 1.98. The molecule has 0 radical (unpaired) electrons. The van der Waals surface area contributed by atoms with Crippen LogP contribution in [0.25, 0.3) is 0 Å². The van der Waals surface area contributed by atoms with Crippen LogP contribution < -0.4 is 0 Å². The molecule has 0 N–H and O–H groups in total. The van der Waals surface area contributed by atoms with E-state index in [1.807, 2.05) is 6.08 Å². The smallest absolute Gasteiger partial charge is 0.269 e. The zero-order valence-electron chi connectivity index (χ0n) is 11.1. The lowest BCUT2D eigenvalue weighted by atomic mass is 10.0. The molecular formula is C14H17N2O4+. The van der Waals surface area contributed by atoms with Gasteiger partial charge < -0.3 is 9.47 Å². The van der Waals surface area contributed by atoms with E-state index < -0.39 is 4.92 Å². The highest BCUT2D eigenvalue weighted by atomic mass is 16.6. The number of rotatable bonds is 4. The number of nitrogens with zero attached hydrogens (tertiary/aromatic N) is 2. The van der Waals surface area contributed by atoms with Gasteiger partial charge in [0.2, 0.25) is 0 Å². The maximum atomic E-state index is 10.7.